The second-order valence-electron chi connectivity index (χ2n) is 7.94. The number of fused-ring (bicyclic) bond motifs is 3. The number of thioether (sulfide) groups is 1. The summed E-state index contributed by atoms with van der Waals surface area (Å²) in [6.45, 7) is 1.82. The maximum absolute atomic E-state index is 13.1. The van der Waals surface area contributed by atoms with Crippen LogP contribution in [0.15, 0.2) is 35.4 Å². The van der Waals surface area contributed by atoms with Gasteiger partial charge in [-0.1, -0.05) is 29.8 Å². The number of benzene rings is 1. The largest absolute Gasteiger partial charge is 0.289 e. The standard InChI is InChI=1S/C22H22N4O3S2/c1-13-6-8-14(9-7-13)22-26(18(28)11-30-22)24-17(27)10-25-12-23-20-19(21(25)29)15-4-2-3-5-16(15)31-20/h6-9,12,22H,2-5,10-11H2,1H3,(H,24,27). The van der Waals surface area contributed by atoms with Crippen molar-refractivity contribution in [3.63, 3.8) is 0 Å². The zero-order valence-corrected chi connectivity index (χ0v) is 18.7. The average molecular weight is 455 g/mol. The number of nitrogens with zero attached hydrogens (tertiary/aromatic N) is 3. The number of amides is 2. The highest BCUT2D eigenvalue weighted by atomic mass is 32.2. The summed E-state index contributed by atoms with van der Waals surface area (Å²) in [5.74, 6) is -0.273. The van der Waals surface area contributed by atoms with Crippen molar-refractivity contribution in [2.24, 2.45) is 0 Å². The van der Waals surface area contributed by atoms with E-state index in [9.17, 15) is 14.4 Å². The van der Waals surface area contributed by atoms with Crippen LogP contribution >= 0.6 is 23.1 Å². The second-order valence-corrected chi connectivity index (χ2v) is 10.1. The van der Waals surface area contributed by atoms with Gasteiger partial charge in [0.05, 0.1) is 17.5 Å². The zero-order valence-electron chi connectivity index (χ0n) is 17.1. The summed E-state index contributed by atoms with van der Waals surface area (Å²) in [6.07, 6.45) is 5.53. The van der Waals surface area contributed by atoms with Gasteiger partial charge in [-0.25, -0.2) is 9.99 Å². The normalized spacial score (nSPS) is 18.4. The molecule has 1 unspecified atom stereocenters. The molecule has 160 valence electrons. The lowest BCUT2D eigenvalue weighted by Gasteiger charge is -2.24. The Hall–Kier alpha value is -2.65. The van der Waals surface area contributed by atoms with E-state index < -0.39 is 5.91 Å². The van der Waals surface area contributed by atoms with Gasteiger partial charge in [0.25, 0.3) is 17.4 Å². The number of carbonyl (C=O) groups is 2. The first kappa shape index (κ1) is 20.3. The Balaban J connectivity index is 1.37. The van der Waals surface area contributed by atoms with E-state index in [0.29, 0.717) is 11.1 Å². The minimum atomic E-state index is -0.416. The van der Waals surface area contributed by atoms with E-state index in [1.807, 2.05) is 31.2 Å². The maximum Gasteiger partial charge on any atom is 0.262 e. The second kappa shape index (κ2) is 8.12. The Morgan fingerprint density at radius 2 is 1.97 bits per heavy atom. The number of carbonyl (C=O) groups excluding carboxylic acids is 2. The van der Waals surface area contributed by atoms with Gasteiger partial charge in [-0.2, -0.15) is 0 Å². The highest BCUT2D eigenvalue weighted by molar-refractivity contribution is 8.00. The van der Waals surface area contributed by atoms with Gasteiger partial charge in [0.15, 0.2) is 0 Å². The Labute approximate surface area is 187 Å². The molecular formula is C22H22N4O3S2. The molecule has 1 saturated heterocycles. The van der Waals surface area contributed by atoms with Gasteiger partial charge in [-0.15, -0.1) is 23.1 Å². The fourth-order valence-corrected chi connectivity index (χ4v) is 6.47. The summed E-state index contributed by atoms with van der Waals surface area (Å²) >= 11 is 3.06. The van der Waals surface area contributed by atoms with Crippen molar-refractivity contribution in [3.8, 4) is 0 Å². The van der Waals surface area contributed by atoms with Gasteiger partial charge in [0.1, 0.15) is 16.7 Å². The highest BCUT2D eigenvalue weighted by Crippen LogP contribution is 2.37. The van der Waals surface area contributed by atoms with Crippen molar-refractivity contribution in [1.82, 2.24) is 20.0 Å². The molecule has 2 aliphatic rings. The molecule has 0 bridgehead atoms. The molecule has 1 aromatic carbocycles. The lowest BCUT2D eigenvalue weighted by molar-refractivity contribution is -0.139. The van der Waals surface area contributed by atoms with E-state index in [0.717, 1.165) is 47.2 Å². The van der Waals surface area contributed by atoms with Crippen molar-refractivity contribution in [2.45, 2.75) is 44.5 Å². The minimum Gasteiger partial charge on any atom is -0.289 e. The fourth-order valence-electron chi connectivity index (χ4n) is 4.14. The number of hydrogen-bond donors (Lipinski definition) is 1. The third-order valence-corrected chi connectivity index (χ3v) is 8.14. The molecule has 3 aromatic rings. The van der Waals surface area contributed by atoms with Crippen LogP contribution in [-0.2, 0) is 29.0 Å². The van der Waals surface area contributed by atoms with Gasteiger partial charge in [-0.3, -0.25) is 24.4 Å². The predicted octanol–water partition coefficient (Wildman–Crippen LogP) is 2.95. The van der Waals surface area contributed by atoms with Crippen LogP contribution in [0.25, 0.3) is 10.2 Å². The van der Waals surface area contributed by atoms with Crippen LogP contribution < -0.4 is 11.0 Å². The van der Waals surface area contributed by atoms with E-state index in [4.69, 9.17) is 0 Å². The molecule has 3 heterocycles. The van der Waals surface area contributed by atoms with Crippen molar-refractivity contribution in [2.75, 3.05) is 5.75 Å². The van der Waals surface area contributed by atoms with Crippen LogP contribution in [0.2, 0.25) is 0 Å². The molecule has 1 N–H and O–H groups in total. The number of aryl methyl sites for hydroxylation is 3. The molecule has 1 fully saturated rings. The first-order valence-corrected chi connectivity index (χ1v) is 12.2. The quantitative estimate of drug-likeness (QED) is 0.655. The molecule has 1 aliphatic carbocycles. The van der Waals surface area contributed by atoms with Crippen LogP contribution in [0.4, 0.5) is 0 Å². The molecule has 9 heteroatoms. The summed E-state index contributed by atoms with van der Waals surface area (Å²) in [5.41, 5.74) is 5.71. The molecule has 0 spiro atoms. The molecule has 1 atom stereocenters. The number of hydrogen-bond acceptors (Lipinski definition) is 6. The Morgan fingerprint density at radius 3 is 2.77 bits per heavy atom. The number of aromatic nitrogens is 2. The topological polar surface area (TPSA) is 84.3 Å². The smallest absolute Gasteiger partial charge is 0.262 e. The predicted molar refractivity (Wildman–Crippen MR) is 122 cm³/mol. The molecule has 0 saturated carbocycles. The summed E-state index contributed by atoms with van der Waals surface area (Å²) in [5, 5.41) is 1.75. The van der Waals surface area contributed by atoms with E-state index >= 15 is 0 Å². The summed E-state index contributed by atoms with van der Waals surface area (Å²) in [4.78, 5) is 44.7. The van der Waals surface area contributed by atoms with E-state index in [1.165, 1.54) is 32.5 Å². The third-order valence-electron chi connectivity index (χ3n) is 5.73. The number of nitrogens with one attached hydrogen (secondary N) is 1. The Morgan fingerprint density at radius 1 is 1.19 bits per heavy atom. The van der Waals surface area contributed by atoms with E-state index in [2.05, 4.69) is 10.4 Å². The van der Waals surface area contributed by atoms with Crippen LogP contribution in [0.3, 0.4) is 0 Å². The van der Waals surface area contributed by atoms with Crippen LogP contribution in [0.1, 0.15) is 39.8 Å². The van der Waals surface area contributed by atoms with E-state index in [1.54, 1.807) is 11.3 Å². The van der Waals surface area contributed by atoms with Crippen LogP contribution in [-0.4, -0.2) is 32.1 Å². The van der Waals surface area contributed by atoms with Crippen molar-refractivity contribution >= 4 is 45.1 Å². The molecule has 0 radical (unpaired) electrons. The van der Waals surface area contributed by atoms with Crippen molar-refractivity contribution in [3.05, 3.63) is 62.5 Å². The fraction of sp³-hybridized carbons (Fsp3) is 0.364. The Bertz CT molecular complexity index is 1230. The first-order valence-electron chi connectivity index (χ1n) is 10.3. The highest BCUT2D eigenvalue weighted by Gasteiger charge is 2.34. The zero-order chi connectivity index (χ0) is 21.5. The number of thiophene rings is 1. The monoisotopic (exact) mass is 454 g/mol. The van der Waals surface area contributed by atoms with Gasteiger partial charge in [0, 0.05) is 4.88 Å². The summed E-state index contributed by atoms with van der Waals surface area (Å²) < 4.78 is 1.34. The molecule has 5 rings (SSSR count). The molecule has 31 heavy (non-hydrogen) atoms. The van der Waals surface area contributed by atoms with Gasteiger partial charge in [0.2, 0.25) is 0 Å². The van der Waals surface area contributed by atoms with Gasteiger partial charge in [-0.05, 0) is 43.7 Å². The Kier molecular flexibility index (Phi) is 5.31. The molecule has 7 nitrogen and oxygen atoms in total. The molecule has 2 aromatic heterocycles. The molecule has 1 aliphatic heterocycles. The lowest BCUT2D eigenvalue weighted by atomic mass is 9.97. The van der Waals surface area contributed by atoms with Gasteiger partial charge >= 0.3 is 0 Å². The number of hydrazine groups is 1. The minimum absolute atomic E-state index is 0.156. The third kappa shape index (κ3) is 3.76. The molecular weight excluding hydrogens is 432 g/mol. The van der Waals surface area contributed by atoms with Crippen molar-refractivity contribution < 1.29 is 9.59 Å². The summed E-state index contributed by atoms with van der Waals surface area (Å²) in [7, 11) is 0. The molecule has 2 amide bonds. The average Bonchev–Trinajstić information content (AvgIpc) is 3.32. The SMILES string of the molecule is Cc1ccc(C2SCC(=O)N2NC(=O)Cn2cnc3sc4c(c3c2=O)CCCC4)cc1. The number of rotatable bonds is 4. The van der Waals surface area contributed by atoms with E-state index in [-0.39, 0.29) is 23.4 Å². The van der Waals surface area contributed by atoms with Crippen LogP contribution in [0.5, 0.6) is 0 Å². The van der Waals surface area contributed by atoms with Crippen LogP contribution in [0, 0.1) is 6.92 Å². The lowest BCUT2D eigenvalue weighted by Crippen LogP contribution is -2.46. The van der Waals surface area contributed by atoms with Crippen molar-refractivity contribution in [1.29, 1.82) is 0 Å². The first-order chi connectivity index (χ1) is 15.0. The van der Waals surface area contributed by atoms with Gasteiger partial charge < -0.3 is 0 Å². The summed E-state index contributed by atoms with van der Waals surface area (Å²) in [6, 6.07) is 7.90. The maximum atomic E-state index is 13.1.